The average molecular weight is 440 g/mol. The van der Waals surface area contributed by atoms with Crippen molar-refractivity contribution in [2.24, 2.45) is 0 Å². The molecule has 0 radical (unpaired) electrons. The van der Waals surface area contributed by atoms with Crippen LogP contribution in [0.5, 0.6) is 0 Å². The van der Waals surface area contributed by atoms with Gasteiger partial charge in [-0.15, -0.1) is 0 Å². The van der Waals surface area contributed by atoms with Crippen LogP contribution in [0.1, 0.15) is 11.8 Å². The molecule has 2 aromatic rings. The predicted octanol–water partition coefficient (Wildman–Crippen LogP) is -0.833. The lowest BCUT2D eigenvalue weighted by atomic mass is 10.1. The fourth-order valence-electron chi connectivity index (χ4n) is 2.91. The van der Waals surface area contributed by atoms with Crippen LogP contribution in [0, 0.1) is 6.92 Å². The van der Waals surface area contributed by atoms with E-state index in [2.05, 4.69) is 18.8 Å². The number of hydrogen-bond donors (Lipinski definition) is 6. The van der Waals surface area contributed by atoms with Gasteiger partial charge in [-0.3, -0.25) is 4.52 Å². The number of aromatic nitrogens is 3. The van der Waals surface area contributed by atoms with E-state index in [4.69, 9.17) is 20.3 Å². The van der Waals surface area contributed by atoms with Crippen molar-refractivity contribution in [1.82, 2.24) is 14.5 Å². The van der Waals surface area contributed by atoms with Crippen molar-refractivity contribution in [1.29, 1.82) is 0 Å². The lowest BCUT2D eigenvalue weighted by Gasteiger charge is -2.18. The number of nitrogen functional groups attached to an aromatic ring is 1. The van der Waals surface area contributed by atoms with Gasteiger partial charge in [0.05, 0.1) is 12.0 Å². The molecule has 156 valence electrons. The highest BCUT2D eigenvalue weighted by Crippen LogP contribution is 2.57. The van der Waals surface area contributed by atoms with Crippen LogP contribution in [0.25, 0.3) is 11.0 Å². The van der Waals surface area contributed by atoms with Crippen LogP contribution in [0.2, 0.25) is 0 Å². The summed E-state index contributed by atoms with van der Waals surface area (Å²) in [6, 6.07) is 0. The second kappa shape index (κ2) is 7.43. The van der Waals surface area contributed by atoms with Crippen molar-refractivity contribution in [3.8, 4) is 0 Å². The maximum atomic E-state index is 11.5. The Kier molecular flexibility index (Phi) is 5.64. The second-order valence-electron chi connectivity index (χ2n) is 6.06. The molecule has 0 amide bonds. The maximum absolute atomic E-state index is 11.5. The van der Waals surface area contributed by atoms with Crippen LogP contribution in [-0.2, 0) is 22.7 Å². The molecule has 3 heterocycles. The van der Waals surface area contributed by atoms with Gasteiger partial charge in [-0.25, -0.2) is 19.1 Å². The van der Waals surface area contributed by atoms with Crippen LogP contribution >= 0.6 is 15.6 Å². The zero-order valence-corrected chi connectivity index (χ0v) is 16.1. The van der Waals surface area contributed by atoms with Gasteiger partial charge in [-0.05, 0) is 12.5 Å². The van der Waals surface area contributed by atoms with Gasteiger partial charge in [0.2, 0.25) is 0 Å². The van der Waals surface area contributed by atoms with Crippen molar-refractivity contribution < 1.29 is 47.6 Å². The number of phosphoric acid groups is 2. The number of aliphatic hydroxyl groups excluding tert-OH is 2. The molecule has 0 spiro atoms. The van der Waals surface area contributed by atoms with E-state index >= 15 is 0 Å². The average Bonchev–Trinajstić information content (AvgIpc) is 3.03. The van der Waals surface area contributed by atoms with E-state index in [1.54, 1.807) is 13.1 Å². The Balaban J connectivity index is 1.79. The Morgan fingerprint density at radius 2 is 1.93 bits per heavy atom. The molecule has 1 saturated heterocycles. The third-order valence-electron chi connectivity index (χ3n) is 4.05. The monoisotopic (exact) mass is 440 g/mol. The van der Waals surface area contributed by atoms with Crippen molar-refractivity contribution in [2.45, 2.75) is 31.5 Å². The molecule has 14 nitrogen and oxygen atoms in total. The summed E-state index contributed by atoms with van der Waals surface area (Å²) < 4.78 is 37.2. The van der Waals surface area contributed by atoms with Gasteiger partial charge in [0.1, 0.15) is 36.1 Å². The third-order valence-corrected chi connectivity index (χ3v) is 6.20. The summed E-state index contributed by atoms with van der Waals surface area (Å²) >= 11 is 0. The van der Waals surface area contributed by atoms with Crippen LogP contribution in [0.3, 0.4) is 0 Å². The summed E-state index contributed by atoms with van der Waals surface area (Å²) in [5.41, 5.74) is 6.85. The van der Waals surface area contributed by atoms with Gasteiger partial charge >= 0.3 is 15.6 Å². The molecular weight excluding hydrogens is 422 g/mol. The van der Waals surface area contributed by atoms with Crippen molar-refractivity contribution in [3.05, 3.63) is 18.1 Å². The van der Waals surface area contributed by atoms with Crippen LogP contribution in [0.15, 0.2) is 12.5 Å². The van der Waals surface area contributed by atoms with E-state index in [0.29, 0.717) is 16.6 Å². The number of anilines is 1. The molecule has 2 aromatic heterocycles. The first-order valence-corrected chi connectivity index (χ1v) is 10.8. The molecule has 0 aromatic carbocycles. The fraction of sp³-hybridized carbons (Fsp3) is 0.500. The number of ether oxygens (including phenoxy) is 1. The van der Waals surface area contributed by atoms with Crippen molar-refractivity contribution >= 4 is 32.5 Å². The molecule has 1 fully saturated rings. The molecule has 3 rings (SSSR count). The zero-order valence-electron chi connectivity index (χ0n) is 14.3. The standard InChI is InChI=1S/C12H18N4O10P2/c1-5-2-16(11-7(5)10(13)14-4-15-11)12-9(18)8(17)6(25-12)3-24-28(22,23)26-27(19,20)21/h2,4,6,8-9,12,17-18H,3H2,1H3,(H,22,23)(H2,13,14,15)(H2,19,20,21). The van der Waals surface area contributed by atoms with Crippen LogP contribution in [0.4, 0.5) is 5.82 Å². The minimum atomic E-state index is -5.29. The summed E-state index contributed by atoms with van der Waals surface area (Å²) in [4.78, 5) is 34.5. The molecule has 1 aliphatic heterocycles. The first kappa shape index (κ1) is 21.3. The van der Waals surface area contributed by atoms with Gasteiger partial charge in [-0.2, -0.15) is 4.31 Å². The molecule has 1 aliphatic rings. The smallest absolute Gasteiger partial charge is 0.387 e. The maximum Gasteiger partial charge on any atom is 0.481 e. The molecule has 5 atom stereocenters. The molecular formula is C12H18N4O10P2. The normalized spacial score (nSPS) is 27.9. The highest BCUT2D eigenvalue weighted by atomic mass is 31.3. The molecule has 7 N–H and O–H groups in total. The molecule has 16 heteroatoms. The van der Waals surface area contributed by atoms with Crippen molar-refractivity contribution in [2.75, 3.05) is 12.3 Å². The van der Waals surface area contributed by atoms with Gasteiger partial charge in [0.15, 0.2) is 6.23 Å². The van der Waals surface area contributed by atoms with E-state index in [1.807, 2.05) is 0 Å². The third kappa shape index (κ3) is 4.26. The molecule has 0 saturated carbocycles. The Hall–Kier alpha value is -1.44. The number of nitrogens with zero attached hydrogens (tertiary/aromatic N) is 3. The van der Waals surface area contributed by atoms with E-state index in [0.717, 1.165) is 0 Å². The minimum Gasteiger partial charge on any atom is -0.387 e. The highest BCUT2D eigenvalue weighted by molar-refractivity contribution is 7.60. The quantitative estimate of drug-likeness (QED) is 0.302. The summed E-state index contributed by atoms with van der Waals surface area (Å²) in [5.74, 6) is 0.213. The predicted molar refractivity (Wildman–Crippen MR) is 91.5 cm³/mol. The summed E-state index contributed by atoms with van der Waals surface area (Å²) in [5, 5.41) is 21.0. The number of hydrogen-bond acceptors (Lipinski definition) is 10. The Bertz CT molecular complexity index is 977. The lowest BCUT2D eigenvalue weighted by Crippen LogP contribution is -2.33. The second-order valence-corrected chi connectivity index (χ2v) is 8.89. The van der Waals surface area contributed by atoms with Gasteiger partial charge in [-0.1, -0.05) is 0 Å². The number of aliphatic hydroxyl groups is 2. The highest BCUT2D eigenvalue weighted by Gasteiger charge is 2.46. The summed E-state index contributed by atoms with van der Waals surface area (Å²) in [7, 11) is -10.4. The Morgan fingerprint density at radius 3 is 2.57 bits per heavy atom. The summed E-state index contributed by atoms with van der Waals surface area (Å²) in [6.07, 6.45) is -2.67. The summed E-state index contributed by atoms with van der Waals surface area (Å²) in [6.45, 7) is 0.941. The van der Waals surface area contributed by atoms with Gasteiger partial charge < -0.3 is 39.9 Å². The van der Waals surface area contributed by atoms with Gasteiger partial charge in [0.25, 0.3) is 0 Å². The lowest BCUT2D eigenvalue weighted by molar-refractivity contribution is -0.0501. The Morgan fingerprint density at radius 1 is 1.25 bits per heavy atom. The first-order valence-electron chi connectivity index (χ1n) is 7.73. The topological polar surface area (TPSA) is 220 Å². The van der Waals surface area contributed by atoms with Crippen LogP contribution in [-0.4, -0.2) is 64.3 Å². The SMILES string of the molecule is Cc1cn(C2OC(COP(=O)(O)OP(=O)(O)O)C(O)C2O)c2ncnc(N)c12. The van der Waals surface area contributed by atoms with E-state index in [9.17, 15) is 24.2 Å². The largest absolute Gasteiger partial charge is 0.481 e. The zero-order chi connectivity index (χ0) is 20.9. The first-order chi connectivity index (χ1) is 12.9. The fourth-order valence-corrected chi connectivity index (χ4v) is 4.51. The van der Waals surface area contributed by atoms with Gasteiger partial charge in [0, 0.05) is 6.20 Å². The number of fused-ring (bicyclic) bond motifs is 1. The van der Waals surface area contributed by atoms with Crippen molar-refractivity contribution in [3.63, 3.8) is 0 Å². The van der Waals surface area contributed by atoms with E-state index < -0.39 is 46.8 Å². The molecule has 28 heavy (non-hydrogen) atoms. The van der Waals surface area contributed by atoms with E-state index in [-0.39, 0.29) is 5.82 Å². The number of nitrogens with two attached hydrogens (primary N) is 1. The molecule has 0 bridgehead atoms. The Labute approximate surface area is 157 Å². The minimum absolute atomic E-state index is 0.213. The van der Waals surface area contributed by atoms with E-state index in [1.165, 1.54) is 10.9 Å². The number of rotatable bonds is 6. The number of aryl methyl sites for hydroxylation is 1. The molecule has 0 aliphatic carbocycles. The van der Waals surface area contributed by atoms with Crippen LogP contribution < -0.4 is 5.73 Å². The molecule has 5 unspecified atom stereocenters. The number of phosphoric ester groups is 1.